The number of amides is 1. The fourth-order valence-corrected chi connectivity index (χ4v) is 1.22. The van der Waals surface area contributed by atoms with Crippen molar-refractivity contribution in [3.05, 3.63) is 34.9 Å². The van der Waals surface area contributed by atoms with E-state index in [9.17, 15) is 4.79 Å². The highest BCUT2D eigenvalue weighted by Gasteiger charge is 2.23. The van der Waals surface area contributed by atoms with E-state index in [-0.39, 0.29) is 5.91 Å². The zero-order chi connectivity index (χ0) is 9.26. The van der Waals surface area contributed by atoms with Gasteiger partial charge in [0.2, 0.25) is 0 Å². The minimum absolute atomic E-state index is 0.000772. The lowest BCUT2D eigenvalue weighted by Crippen LogP contribution is -2.25. The Morgan fingerprint density at radius 1 is 1.31 bits per heavy atom. The Bertz CT molecular complexity index is 316. The van der Waals surface area contributed by atoms with Gasteiger partial charge in [-0.05, 0) is 37.1 Å². The number of nitrogens with one attached hydrogen (secondary N) is 1. The molecule has 1 fully saturated rings. The first-order valence-electron chi connectivity index (χ1n) is 4.32. The first kappa shape index (κ1) is 8.57. The van der Waals surface area contributed by atoms with Gasteiger partial charge in [0.1, 0.15) is 0 Å². The van der Waals surface area contributed by atoms with E-state index >= 15 is 0 Å². The number of carbonyl (C=O) groups excluding carboxylic acids is 1. The summed E-state index contributed by atoms with van der Waals surface area (Å²) in [5.74, 6) is -0.000772. The number of halogens is 1. The van der Waals surface area contributed by atoms with Crippen LogP contribution in [0.2, 0.25) is 5.02 Å². The van der Waals surface area contributed by atoms with Crippen LogP contribution in [-0.4, -0.2) is 11.9 Å². The SMILES string of the molecule is O=C(NC1CC1)c1ccc(Cl)cc1. The third-order valence-corrected chi connectivity index (χ3v) is 2.27. The minimum Gasteiger partial charge on any atom is -0.349 e. The number of hydrogen-bond acceptors (Lipinski definition) is 1. The molecule has 0 unspecified atom stereocenters. The van der Waals surface area contributed by atoms with Crippen molar-refractivity contribution in [1.29, 1.82) is 0 Å². The van der Waals surface area contributed by atoms with Gasteiger partial charge in [0.05, 0.1) is 0 Å². The lowest BCUT2D eigenvalue weighted by molar-refractivity contribution is 0.0951. The molecule has 1 aromatic rings. The first-order valence-corrected chi connectivity index (χ1v) is 4.70. The van der Waals surface area contributed by atoms with E-state index in [4.69, 9.17) is 11.6 Å². The minimum atomic E-state index is -0.000772. The molecule has 0 spiro atoms. The fourth-order valence-electron chi connectivity index (χ4n) is 1.10. The Balaban J connectivity index is 2.05. The highest BCUT2D eigenvalue weighted by molar-refractivity contribution is 6.30. The Kier molecular flexibility index (Phi) is 2.23. The van der Waals surface area contributed by atoms with Gasteiger partial charge in [-0.1, -0.05) is 11.6 Å². The summed E-state index contributed by atoms with van der Waals surface area (Å²) in [5.41, 5.74) is 0.677. The molecule has 1 N–H and O–H groups in total. The molecule has 0 atom stereocenters. The molecule has 2 rings (SSSR count). The summed E-state index contributed by atoms with van der Waals surface area (Å²) in [4.78, 5) is 11.5. The van der Waals surface area contributed by atoms with E-state index < -0.39 is 0 Å². The molecule has 1 aromatic carbocycles. The van der Waals surface area contributed by atoms with Gasteiger partial charge < -0.3 is 5.32 Å². The molecule has 0 radical (unpaired) electrons. The quantitative estimate of drug-likeness (QED) is 0.771. The molecule has 3 heteroatoms. The molecule has 0 heterocycles. The average Bonchev–Trinajstić information content (AvgIpc) is 2.89. The number of benzene rings is 1. The second-order valence-corrected chi connectivity index (χ2v) is 3.69. The third-order valence-electron chi connectivity index (χ3n) is 2.02. The second-order valence-electron chi connectivity index (χ2n) is 3.25. The molecule has 1 aliphatic carbocycles. The lowest BCUT2D eigenvalue weighted by atomic mass is 10.2. The molecule has 13 heavy (non-hydrogen) atoms. The van der Waals surface area contributed by atoms with Gasteiger partial charge in [-0.3, -0.25) is 4.79 Å². The van der Waals surface area contributed by atoms with Gasteiger partial charge >= 0.3 is 0 Å². The van der Waals surface area contributed by atoms with Crippen LogP contribution in [0.15, 0.2) is 24.3 Å². The van der Waals surface area contributed by atoms with Crippen molar-refractivity contribution < 1.29 is 4.79 Å². The zero-order valence-electron chi connectivity index (χ0n) is 7.09. The van der Waals surface area contributed by atoms with E-state index in [1.165, 1.54) is 0 Å². The monoisotopic (exact) mass is 195 g/mol. The van der Waals surface area contributed by atoms with Gasteiger partial charge in [-0.15, -0.1) is 0 Å². The Morgan fingerprint density at radius 2 is 1.92 bits per heavy atom. The molecule has 1 saturated carbocycles. The molecule has 0 bridgehead atoms. The smallest absolute Gasteiger partial charge is 0.251 e. The number of rotatable bonds is 2. The Morgan fingerprint density at radius 3 is 2.46 bits per heavy atom. The van der Waals surface area contributed by atoms with Crippen molar-refractivity contribution >= 4 is 17.5 Å². The van der Waals surface area contributed by atoms with Crippen molar-refractivity contribution in [3.8, 4) is 0 Å². The van der Waals surface area contributed by atoms with Crippen LogP contribution in [0.1, 0.15) is 23.2 Å². The first-order chi connectivity index (χ1) is 6.25. The second kappa shape index (κ2) is 3.38. The van der Waals surface area contributed by atoms with Crippen LogP contribution in [0.4, 0.5) is 0 Å². The molecule has 2 nitrogen and oxygen atoms in total. The highest BCUT2D eigenvalue weighted by atomic mass is 35.5. The van der Waals surface area contributed by atoms with Crippen LogP contribution in [-0.2, 0) is 0 Å². The predicted molar refractivity (Wildman–Crippen MR) is 51.9 cm³/mol. The van der Waals surface area contributed by atoms with Gasteiger partial charge in [-0.25, -0.2) is 0 Å². The maximum Gasteiger partial charge on any atom is 0.251 e. The predicted octanol–water partition coefficient (Wildman–Crippen LogP) is 2.23. The summed E-state index contributed by atoms with van der Waals surface area (Å²) in [6, 6.07) is 7.33. The van der Waals surface area contributed by atoms with Crippen molar-refractivity contribution in [2.75, 3.05) is 0 Å². The van der Waals surface area contributed by atoms with Gasteiger partial charge in [0.25, 0.3) is 5.91 Å². The Labute approximate surface area is 81.9 Å². The fraction of sp³-hybridized carbons (Fsp3) is 0.300. The summed E-state index contributed by atoms with van der Waals surface area (Å²) >= 11 is 5.70. The lowest BCUT2D eigenvalue weighted by Gasteiger charge is -2.02. The number of hydrogen-bond donors (Lipinski definition) is 1. The molecular weight excluding hydrogens is 186 g/mol. The van der Waals surface area contributed by atoms with Crippen LogP contribution < -0.4 is 5.32 Å². The molecule has 0 saturated heterocycles. The van der Waals surface area contributed by atoms with Gasteiger partial charge in [0.15, 0.2) is 0 Å². The largest absolute Gasteiger partial charge is 0.349 e. The molecule has 1 aliphatic rings. The van der Waals surface area contributed by atoms with E-state index in [0.717, 1.165) is 12.8 Å². The van der Waals surface area contributed by atoms with E-state index in [1.54, 1.807) is 24.3 Å². The maximum atomic E-state index is 11.5. The van der Waals surface area contributed by atoms with Gasteiger partial charge in [-0.2, -0.15) is 0 Å². The topological polar surface area (TPSA) is 29.1 Å². The number of carbonyl (C=O) groups is 1. The van der Waals surface area contributed by atoms with Crippen LogP contribution >= 0.6 is 11.6 Å². The van der Waals surface area contributed by atoms with Crippen molar-refractivity contribution in [2.24, 2.45) is 0 Å². The molecular formula is C10H10ClNO. The third kappa shape index (κ3) is 2.22. The molecule has 0 aliphatic heterocycles. The summed E-state index contributed by atoms with van der Waals surface area (Å²) in [6.07, 6.45) is 2.22. The molecule has 1 amide bonds. The zero-order valence-corrected chi connectivity index (χ0v) is 7.84. The summed E-state index contributed by atoms with van der Waals surface area (Å²) in [5, 5.41) is 3.56. The summed E-state index contributed by atoms with van der Waals surface area (Å²) in [6.45, 7) is 0. The van der Waals surface area contributed by atoms with Crippen molar-refractivity contribution in [2.45, 2.75) is 18.9 Å². The van der Waals surface area contributed by atoms with Crippen LogP contribution in [0, 0.1) is 0 Å². The van der Waals surface area contributed by atoms with Gasteiger partial charge in [0, 0.05) is 16.6 Å². The molecule has 68 valence electrons. The van der Waals surface area contributed by atoms with E-state index in [0.29, 0.717) is 16.6 Å². The van der Waals surface area contributed by atoms with Crippen molar-refractivity contribution in [3.63, 3.8) is 0 Å². The maximum absolute atomic E-state index is 11.5. The summed E-state index contributed by atoms with van der Waals surface area (Å²) in [7, 11) is 0. The standard InChI is InChI=1S/C10H10ClNO/c11-8-3-1-7(2-4-8)10(13)12-9-5-6-9/h1-4,9H,5-6H2,(H,12,13). The Hall–Kier alpha value is -1.02. The van der Waals surface area contributed by atoms with Crippen molar-refractivity contribution in [1.82, 2.24) is 5.32 Å². The average molecular weight is 196 g/mol. The van der Waals surface area contributed by atoms with E-state index in [2.05, 4.69) is 5.32 Å². The highest BCUT2D eigenvalue weighted by Crippen LogP contribution is 2.19. The van der Waals surface area contributed by atoms with Crippen LogP contribution in [0.5, 0.6) is 0 Å². The summed E-state index contributed by atoms with van der Waals surface area (Å²) < 4.78 is 0. The van der Waals surface area contributed by atoms with Crippen LogP contribution in [0.25, 0.3) is 0 Å². The van der Waals surface area contributed by atoms with Crippen LogP contribution in [0.3, 0.4) is 0 Å². The van der Waals surface area contributed by atoms with E-state index in [1.807, 2.05) is 0 Å². The normalized spacial score (nSPS) is 15.5. The molecule has 0 aromatic heterocycles.